The number of fused-ring (bicyclic) bond motifs is 2. The number of hydrogen-bond donors (Lipinski definition) is 0. The molecule has 0 aliphatic heterocycles. The van der Waals surface area contributed by atoms with Crippen molar-refractivity contribution in [3.63, 3.8) is 0 Å². The molecule has 0 N–H and O–H groups in total. The average Bonchev–Trinajstić information content (AvgIpc) is 3.41. The zero-order valence-electron chi connectivity index (χ0n) is 25.1. The molecular formula is C40H37Cl2PZr. The molecular weight excluding hydrogens is 674 g/mol. The Morgan fingerprint density at radius 3 is 1.23 bits per heavy atom. The number of benzene rings is 3. The topological polar surface area (TPSA) is 0 Å². The zero-order chi connectivity index (χ0) is 28.4. The molecule has 0 fully saturated rings. The summed E-state index contributed by atoms with van der Waals surface area (Å²) < 4.78 is 0. The quantitative estimate of drug-likeness (QED) is 0.192. The van der Waals surface area contributed by atoms with Crippen LogP contribution in [-0.2, 0) is 26.2 Å². The van der Waals surface area contributed by atoms with E-state index in [1.165, 1.54) is 49.8 Å². The number of hydrogen-bond acceptors (Lipinski definition) is 0. The molecule has 0 saturated carbocycles. The summed E-state index contributed by atoms with van der Waals surface area (Å²) >= 11 is 0. The molecule has 0 heterocycles. The van der Waals surface area contributed by atoms with Gasteiger partial charge in [0.2, 0.25) is 0 Å². The normalized spacial score (nSPS) is 15.2. The van der Waals surface area contributed by atoms with Crippen LogP contribution in [0.15, 0.2) is 152 Å². The molecule has 2 aliphatic rings. The Balaban J connectivity index is 0.000000239. The number of allylic oxidation sites excluding steroid dienone is 6. The molecule has 4 heteroatoms. The van der Waals surface area contributed by atoms with Crippen LogP contribution in [0.1, 0.15) is 56.3 Å². The Labute approximate surface area is 297 Å². The molecule has 0 radical (unpaired) electrons. The minimum atomic E-state index is 0. The van der Waals surface area contributed by atoms with E-state index in [2.05, 4.69) is 157 Å². The Kier molecular flexibility index (Phi) is 16.1. The fourth-order valence-electron chi connectivity index (χ4n) is 5.46. The van der Waals surface area contributed by atoms with E-state index in [9.17, 15) is 0 Å². The van der Waals surface area contributed by atoms with E-state index in [0.717, 1.165) is 0 Å². The SMILES string of the molecule is Cc1cc2c([cH-]1)C=CC=CC2c1ccccc1.Cc1cc2c([cH-]1)C=CC=CC2c1ccccc1.Pc1ccccc1.[Cl-].[Cl-].[Zr+4]. The third-order valence-electron chi connectivity index (χ3n) is 7.37. The Morgan fingerprint density at radius 2 is 0.886 bits per heavy atom. The maximum atomic E-state index is 2.63. The summed E-state index contributed by atoms with van der Waals surface area (Å²) in [7, 11) is 2.63. The van der Waals surface area contributed by atoms with Gasteiger partial charge in [0, 0.05) is 0 Å². The molecule has 2 aliphatic carbocycles. The van der Waals surface area contributed by atoms with Crippen molar-refractivity contribution in [3.8, 4) is 0 Å². The molecule has 3 unspecified atom stereocenters. The van der Waals surface area contributed by atoms with Gasteiger partial charge in [0.25, 0.3) is 0 Å². The molecule has 3 atom stereocenters. The van der Waals surface area contributed by atoms with Crippen LogP contribution in [0.2, 0.25) is 0 Å². The predicted octanol–water partition coefficient (Wildman–Crippen LogP) is 4.05. The van der Waals surface area contributed by atoms with E-state index in [4.69, 9.17) is 0 Å². The maximum absolute atomic E-state index is 2.63. The van der Waals surface area contributed by atoms with Crippen LogP contribution in [0.3, 0.4) is 0 Å². The van der Waals surface area contributed by atoms with Gasteiger partial charge in [-0.1, -0.05) is 129 Å². The Bertz CT molecular complexity index is 1550. The fraction of sp³-hybridized carbons (Fsp3) is 0.100. The number of rotatable bonds is 2. The van der Waals surface area contributed by atoms with Gasteiger partial charge in [0.1, 0.15) is 0 Å². The molecule has 7 rings (SSSR count). The van der Waals surface area contributed by atoms with Gasteiger partial charge in [-0.15, -0.1) is 56.8 Å². The molecule has 44 heavy (non-hydrogen) atoms. The van der Waals surface area contributed by atoms with Crippen LogP contribution in [0.4, 0.5) is 0 Å². The van der Waals surface area contributed by atoms with Crippen molar-refractivity contribution in [2.45, 2.75) is 25.7 Å². The second-order valence-electron chi connectivity index (χ2n) is 10.6. The number of halogens is 2. The van der Waals surface area contributed by atoms with Gasteiger partial charge in [0.15, 0.2) is 0 Å². The summed E-state index contributed by atoms with van der Waals surface area (Å²) in [5.74, 6) is 0.768. The molecule has 0 bridgehead atoms. The van der Waals surface area contributed by atoms with Gasteiger partial charge in [-0.25, -0.2) is 0 Å². The summed E-state index contributed by atoms with van der Waals surface area (Å²) in [4.78, 5) is 0. The first-order valence-electron chi connectivity index (χ1n) is 14.2. The molecule has 0 amide bonds. The van der Waals surface area contributed by atoms with Crippen molar-refractivity contribution in [2.24, 2.45) is 0 Å². The molecule has 5 aromatic rings. The Morgan fingerprint density at radius 1 is 0.523 bits per heavy atom. The number of aryl methyl sites for hydroxylation is 2. The summed E-state index contributed by atoms with van der Waals surface area (Å²) in [6.07, 6.45) is 17.5. The van der Waals surface area contributed by atoms with Crippen molar-refractivity contribution in [3.05, 3.63) is 196 Å². The second-order valence-corrected chi connectivity index (χ2v) is 11.2. The molecule has 0 nitrogen and oxygen atoms in total. The first-order valence-corrected chi connectivity index (χ1v) is 14.8. The van der Waals surface area contributed by atoms with Crippen molar-refractivity contribution in [1.82, 2.24) is 0 Å². The zero-order valence-corrected chi connectivity index (χ0v) is 30.2. The summed E-state index contributed by atoms with van der Waals surface area (Å²) in [6.45, 7) is 4.32. The molecule has 5 aromatic carbocycles. The smallest absolute Gasteiger partial charge is 1.00 e. The van der Waals surface area contributed by atoms with E-state index >= 15 is 0 Å². The van der Waals surface area contributed by atoms with Crippen LogP contribution < -0.4 is 30.1 Å². The standard InChI is InChI=1S/2C17H15.C6H7P.2ClH.Zr/c2*1-13-11-15-9-5-6-10-16(17(15)12-13)14-7-3-2-4-8-14;7-6-4-2-1-3-5-6;;;/h2*2-12,16H,1H3;1-5H,7H2;2*1H;/q2*-1;;;;+4/p-2. The summed E-state index contributed by atoms with van der Waals surface area (Å²) in [5, 5.41) is 1.24. The summed E-state index contributed by atoms with van der Waals surface area (Å²) in [6, 6.07) is 40.6. The van der Waals surface area contributed by atoms with Crippen LogP contribution in [0, 0.1) is 13.8 Å². The van der Waals surface area contributed by atoms with Crippen molar-refractivity contribution in [2.75, 3.05) is 0 Å². The van der Waals surface area contributed by atoms with Crippen LogP contribution in [0.5, 0.6) is 0 Å². The first kappa shape index (κ1) is 37.4. The van der Waals surface area contributed by atoms with Gasteiger partial charge in [-0.05, 0) is 28.3 Å². The Hall–Kier alpha value is -2.79. The van der Waals surface area contributed by atoms with Crippen LogP contribution >= 0.6 is 9.24 Å². The van der Waals surface area contributed by atoms with E-state index in [0.29, 0.717) is 11.8 Å². The van der Waals surface area contributed by atoms with E-state index in [-0.39, 0.29) is 51.0 Å². The largest absolute Gasteiger partial charge is 4.00 e. The maximum Gasteiger partial charge on any atom is 4.00 e. The summed E-state index contributed by atoms with van der Waals surface area (Å²) in [5.41, 5.74) is 10.9. The second kappa shape index (κ2) is 18.9. The molecule has 0 spiro atoms. The average molecular weight is 711 g/mol. The minimum absolute atomic E-state index is 0. The van der Waals surface area contributed by atoms with Gasteiger partial charge < -0.3 is 24.8 Å². The van der Waals surface area contributed by atoms with Gasteiger partial charge in [-0.2, -0.15) is 34.4 Å². The first-order chi connectivity index (χ1) is 20.1. The third kappa shape index (κ3) is 10.1. The monoisotopic (exact) mass is 708 g/mol. The van der Waals surface area contributed by atoms with Crippen molar-refractivity contribution in [1.29, 1.82) is 0 Å². The van der Waals surface area contributed by atoms with E-state index in [1.807, 2.05) is 30.3 Å². The third-order valence-corrected chi connectivity index (χ3v) is 7.75. The predicted molar refractivity (Wildman–Crippen MR) is 182 cm³/mol. The molecule has 0 saturated heterocycles. The van der Waals surface area contributed by atoms with Gasteiger partial charge >= 0.3 is 26.2 Å². The van der Waals surface area contributed by atoms with Gasteiger partial charge in [-0.3, -0.25) is 0 Å². The van der Waals surface area contributed by atoms with E-state index < -0.39 is 0 Å². The molecule has 0 aromatic heterocycles. The molecule has 220 valence electrons. The van der Waals surface area contributed by atoms with Crippen LogP contribution in [-0.4, -0.2) is 0 Å². The van der Waals surface area contributed by atoms with Crippen molar-refractivity contribution >= 4 is 26.7 Å². The van der Waals surface area contributed by atoms with Crippen LogP contribution in [0.25, 0.3) is 12.2 Å². The van der Waals surface area contributed by atoms with Gasteiger partial charge in [0.05, 0.1) is 0 Å². The minimum Gasteiger partial charge on any atom is -1.00 e. The fourth-order valence-corrected chi connectivity index (χ4v) is 5.68. The van der Waals surface area contributed by atoms with E-state index in [1.54, 1.807) is 0 Å². The van der Waals surface area contributed by atoms with Crippen molar-refractivity contribution < 1.29 is 51.0 Å².